The van der Waals surface area contributed by atoms with E-state index < -0.39 is 0 Å². The third kappa shape index (κ3) is 8.19. The van der Waals surface area contributed by atoms with Gasteiger partial charge in [0, 0.05) is 31.2 Å². The standard InChI is InChI=1S/C27H29ClN2O3.2C2H6/c28-25-10-8-23(9-11-25)26-19-30(27(31)33-26)18-20-4-6-22(7-5-20)24-3-1-2-21(16-24)17-29-12-14-32-15-13-29;2*1-2/h1-8,10,16,26H,9,11-15,17-19H2;2*1-2H3. The number of halogens is 1. The van der Waals surface area contributed by atoms with Gasteiger partial charge in [0.15, 0.2) is 0 Å². The lowest BCUT2D eigenvalue weighted by molar-refractivity contribution is 0.0342. The summed E-state index contributed by atoms with van der Waals surface area (Å²) in [4.78, 5) is 16.6. The summed E-state index contributed by atoms with van der Waals surface area (Å²) in [6.45, 7) is 13.7. The Morgan fingerprint density at radius 1 is 0.865 bits per heavy atom. The highest BCUT2D eigenvalue weighted by atomic mass is 35.5. The third-order valence-corrected chi connectivity index (χ3v) is 6.84. The van der Waals surface area contributed by atoms with Crippen LogP contribution in [0.25, 0.3) is 11.1 Å². The molecule has 0 bridgehead atoms. The highest BCUT2D eigenvalue weighted by Crippen LogP contribution is 2.29. The Bertz CT molecular complexity index is 1060. The van der Waals surface area contributed by atoms with E-state index in [9.17, 15) is 4.79 Å². The number of cyclic esters (lactones) is 1. The van der Waals surface area contributed by atoms with Crippen molar-refractivity contribution in [2.75, 3.05) is 32.8 Å². The fourth-order valence-electron chi connectivity index (χ4n) is 4.62. The van der Waals surface area contributed by atoms with Gasteiger partial charge in [-0.3, -0.25) is 9.80 Å². The van der Waals surface area contributed by atoms with Gasteiger partial charge in [0.05, 0.1) is 19.8 Å². The number of carbonyl (C=O) groups is 1. The van der Waals surface area contributed by atoms with Crippen LogP contribution in [0.1, 0.15) is 51.7 Å². The van der Waals surface area contributed by atoms with Gasteiger partial charge in [-0.05, 0) is 52.8 Å². The summed E-state index contributed by atoms with van der Waals surface area (Å²) in [5.74, 6) is 0. The molecule has 3 aliphatic rings. The van der Waals surface area contributed by atoms with Crippen LogP contribution in [0.15, 0.2) is 71.3 Å². The first-order valence-electron chi connectivity index (χ1n) is 13.6. The van der Waals surface area contributed by atoms with Crippen LogP contribution in [0, 0.1) is 0 Å². The molecule has 2 aromatic rings. The zero-order valence-corrected chi connectivity index (χ0v) is 23.5. The molecule has 2 saturated heterocycles. The van der Waals surface area contributed by atoms with Crippen molar-refractivity contribution in [1.29, 1.82) is 0 Å². The minimum absolute atomic E-state index is 0.174. The van der Waals surface area contributed by atoms with Crippen molar-refractivity contribution in [2.45, 2.75) is 59.7 Å². The van der Waals surface area contributed by atoms with Crippen molar-refractivity contribution in [3.63, 3.8) is 0 Å². The molecule has 2 heterocycles. The lowest BCUT2D eigenvalue weighted by Crippen LogP contribution is -2.35. The number of amides is 1. The molecule has 0 spiro atoms. The Morgan fingerprint density at radius 2 is 1.59 bits per heavy atom. The number of carbonyl (C=O) groups excluding carboxylic acids is 1. The fraction of sp³-hybridized carbons (Fsp3) is 0.452. The van der Waals surface area contributed by atoms with Crippen molar-refractivity contribution < 1.29 is 14.3 Å². The maximum Gasteiger partial charge on any atom is 0.410 e. The number of ether oxygens (including phenoxy) is 2. The van der Waals surface area contributed by atoms with Gasteiger partial charge in [0.2, 0.25) is 0 Å². The minimum atomic E-state index is -0.249. The molecule has 0 radical (unpaired) electrons. The topological polar surface area (TPSA) is 42.0 Å². The summed E-state index contributed by atoms with van der Waals surface area (Å²) in [6, 6.07) is 17.2. The molecule has 0 N–H and O–H groups in total. The fourth-order valence-corrected chi connectivity index (χ4v) is 4.77. The van der Waals surface area contributed by atoms with Gasteiger partial charge >= 0.3 is 6.09 Å². The van der Waals surface area contributed by atoms with E-state index in [1.54, 1.807) is 4.90 Å². The summed E-state index contributed by atoms with van der Waals surface area (Å²) in [5, 5.41) is 0.853. The van der Waals surface area contributed by atoms with Gasteiger partial charge in [-0.15, -0.1) is 0 Å². The van der Waals surface area contributed by atoms with Crippen molar-refractivity contribution >= 4 is 17.7 Å². The summed E-state index contributed by atoms with van der Waals surface area (Å²) < 4.78 is 11.1. The number of hydrogen-bond acceptors (Lipinski definition) is 4. The molecular formula is C31H41ClN2O3. The molecular weight excluding hydrogens is 484 g/mol. The zero-order valence-electron chi connectivity index (χ0n) is 22.7. The minimum Gasteiger partial charge on any atom is -0.440 e. The van der Waals surface area contributed by atoms with Crippen LogP contribution in [0.5, 0.6) is 0 Å². The second-order valence-electron chi connectivity index (χ2n) is 8.89. The molecule has 5 nitrogen and oxygen atoms in total. The summed E-state index contributed by atoms with van der Waals surface area (Å²) in [6.07, 6.45) is 5.14. The zero-order chi connectivity index (χ0) is 26.6. The summed E-state index contributed by atoms with van der Waals surface area (Å²) in [5.41, 5.74) is 5.95. The van der Waals surface area contributed by atoms with E-state index in [-0.39, 0.29) is 12.2 Å². The van der Waals surface area contributed by atoms with Crippen LogP contribution in [-0.4, -0.2) is 54.8 Å². The van der Waals surface area contributed by atoms with Crippen LogP contribution in [0.2, 0.25) is 0 Å². The third-order valence-electron chi connectivity index (χ3n) is 6.53. The quantitative estimate of drug-likeness (QED) is 0.394. The second-order valence-corrected chi connectivity index (χ2v) is 9.38. The van der Waals surface area contributed by atoms with Gasteiger partial charge in [0.1, 0.15) is 6.10 Å². The van der Waals surface area contributed by atoms with Crippen LogP contribution in [0.3, 0.4) is 0 Å². The monoisotopic (exact) mass is 524 g/mol. The Morgan fingerprint density at radius 3 is 2.27 bits per heavy atom. The van der Waals surface area contributed by atoms with Gasteiger partial charge in [0.25, 0.3) is 0 Å². The normalized spacial score (nSPS) is 19.5. The first-order chi connectivity index (χ1) is 18.1. The second kappa shape index (κ2) is 15.0. The van der Waals surface area contributed by atoms with Crippen LogP contribution in [0.4, 0.5) is 4.79 Å². The first kappa shape index (κ1) is 29.0. The Hall–Kier alpha value is -2.60. The molecule has 2 fully saturated rings. The Balaban J connectivity index is 0.000000907. The van der Waals surface area contributed by atoms with E-state index in [4.69, 9.17) is 21.1 Å². The first-order valence-corrected chi connectivity index (χ1v) is 14.0. The van der Waals surface area contributed by atoms with Crippen LogP contribution >= 0.6 is 11.6 Å². The van der Waals surface area contributed by atoms with E-state index in [2.05, 4.69) is 53.4 Å². The number of allylic oxidation sites excluding steroid dienone is 3. The molecule has 0 saturated carbocycles. The highest BCUT2D eigenvalue weighted by molar-refractivity contribution is 6.29. The molecule has 1 aliphatic carbocycles. The van der Waals surface area contributed by atoms with Crippen LogP contribution in [-0.2, 0) is 22.6 Å². The molecule has 37 heavy (non-hydrogen) atoms. The summed E-state index contributed by atoms with van der Waals surface area (Å²) >= 11 is 6.05. The average Bonchev–Trinajstić information content (AvgIpc) is 3.32. The number of hydrogen-bond donors (Lipinski definition) is 0. The highest BCUT2D eigenvalue weighted by Gasteiger charge is 2.33. The van der Waals surface area contributed by atoms with Crippen molar-refractivity contribution in [2.24, 2.45) is 0 Å². The number of morpholine rings is 1. The van der Waals surface area contributed by atoms with Gasteiger partial charge in [-0.25, -0.2) is 4.79 Å². The van der Waals surface area contributed by atoms with E-state index in [0.717, 1.165) is 61.9 Å². The van der Waals surface area contributed by atoms with E-state index in [0.29, 0.717) is 13.1 Å². The Labute approximate surface area is 227 Å². The maximum absolute atomic E-state index is 12.4. The number of benzene rings is 2. The van der Waals surface area contributed by atoms with Gasteiger partial charge in [-0.2, -0.15) is 0 Å². The lowest BCUT2D eigenvalue weighted by atomic mass is 9.99. The molecule has 0 aromatic heterocycles. The predicted octanol–water partition coefficient (Wildman–Crippen LogP) is 7.40. The molecule has 2 aromatic carbocycles. The van der Waals surface area contributed by atoms with E-state index >= 15 is 0 Å². The molecule has 6 heteroatoms. The smallest absolute Gasteiger partial charge is 0.410 e. The van der Waals surface area contributed by atoms with Crippen molar-refractivity contribution in [1.82, 2.24) is 9.80 Å². The predicted molar refractivity (Wildman–Crippen MR) is 153 cm³/mol. The molecule has 5 rings (SSSR count). The largest absolute Gasteiger partial charge is 0.440 e. The van der Waals surface area contributed by atoms with E-state index in [1.807, 2.05) is 39.8 Å². The lowest BCUT2D eigenvalue weighted by Gasteiger charge is -2.26. The SMILES string of the molecule is CC.CC.O=C1OC(C2=CC=C(Cl)CC2)CN1Cc1ccc(-c2cccc(CN3CCOCC3)c2)cc1. The average molecular weight is 525 g/mol. The molecule has 1 unspecified atom stereocenters. The number of nitrogens with zero attached hydrogens (tertiary/aromatic N) is 2. The van der Waals surface area contributed by atoms with Gasteiger partial charge in [-0.1, -0.05) is 87.8 Å². The molecule has 1 atom stereocenters. The molecule has 200 valence electrons. The van der Waals surface area contributed by atoms with Crippen LogP contribution < -0.4 is 0 Å². The van der Waals surface area contributed by atoms with Crippen molar-refractivity contribution in [3.8, 4) is 11.1 Å². The maximum atomic E-state index is 12.4. The Kier molecular flexibility index (Phi) is 11.7. The molecule has 2 aliphatic heterocycles. The molecule has 1 amide bonds. The van der Waals surface area contributed by atoms with Crippen molar-refractivity contribution in [3.05, 3.63) is 82.4 Å². The van der Waals surface area contributed by atoms with E-state index in [1.165, 1.54) is 16.7 Å². The summed E-state index contributed by atoms with van der Waals surface area (Å²) in [7, 11) is 0. The number of rotatable bonds is 6. The van der Waals surface area contributed by atoms with Gasteiger partial charge < -0.3 is 9.47 Å².